The molecule has 0 aliphatic carbocycles. The van der Waals surface area contributed by atoms with Gasteiger partial charge >= 0.3 is 0 Å². The Labute approximate surface area is 74.1 Å². The molecule has 3 nitrogen and oxygen atoms in total. The molecule has 1 fully saturated rings. The molecule has 0 saturated carbocycles. The molecule has 2 unspecified atom stereocenters. The number of rotatable bonds is 3. The first-order valence-electron chi connectivity index (χ1n) is 4.59. The fraction of sp³-hybridized carbons (Fsp3) is 1.00. The quantitative estimate of drug-likeness (QED) is 0.654. The van der Waals surface area contributed by atoms with Crippen molar-refractivity contribution in [1.82, 2.24) is 5.32 Å². The van der Waals surface area contributed by atoms with Gasteiger partial charge in [0.15, 0.2) is 0 Å². The first-order valence-corrected chi connectivity index (χ1v) is 4.59. The predicted molar refractivity (Wildman–Crippen MR) is 48.1 cm³/mol. The number of ether oxygens (including phenoxy) is 1. The molecule has 0 aromatic heterocycles. The molecule has 1 heterocycles. The van der Waals surface area contributed by atoms with Crippen LogP contribution in [0.5, 0.6) is 0 Å². The Morgan fingerprint density at radius 2 is 2.42 bits per heavy atom. The number of β-amino-alcohol motifs (C(OH)–C–C–N with tert-alkyl or cyclic N) is 1. The summed E-state index contributed by atoms with van der Waals surface area (Å²) in [6.07, 6.45) is 0.992. The molecule has 2 N–H and O–H groups in total. The third-order valence-corrected chi connectivity index (χ3v) is 2.69. The van der Waals surface area contributed by atoms with E-state index in [4.69, 9.17) is 9.84 Å². The van der Waals surface area contributed by atoms with E-state index in [1.54, 1.807) is 6.92 Å². The van der Waals surface area contributed by atoms with Gasteiger partial charge in [0.1, 0.15) is 0 Å². The summed E-state index contributed by atoms with van der Waals surface area (Å²) < 4.78 is 5.46. The lowest BCUT2D eigenvalue weighted by molar-refractivity contribution is 0.0819. The monoisotopic (exact) mass is 173 g/mol. The summed E-state index contributed by atoms with van der Waals surface area (Å²) in [7, 11) is 0. The van der Waals surface area contributed by atoms with Gasteiger partial charge in [-0.15, -0.1) is 0 Å². The Balaban J connectivity index is 2.37. The smallest absolute Gasteiger partial charge is 0.0726 e. The van der Waals surface area contributed by atoms with Crippen molar-refractivity contribution in [2.24, 2.45) is 0 Å². The lowest BCUT2D eigenvalue weighted by Crippen LogP contribution is -2.49. The molecular formula is C9H19NO2. The SMILES string of the molecule is CC1OCCC1(C)NC[C@@H](C)O. The zero-order valence-corrected chi connectivity index (χ0v) is 8.13. The van der Waals surface area contributed by atoms with Crippen LogP contribution >= 0.6 is 0 Å². The largest absolute Gasteiger partial charge is 0.392 e. The minimum Gasteiger partial charge on any atom is -0.392 e. The maximum Gasteiger partial charge on any atom is 0.0726 e. The highest BCUT2D eigenvalue weighted by atomic mass is 16.5. The zero-order valence-electron chi connectivity index (χ0n) is 8.13. The molecular weight excluding hydrogens is 154 g/mol. The zero-order chi connectivity index (χ0) is 9.19. The molecule has 0 aromatic rings. The molecule has 0 bridgehead atoms. The summed E-state index contributed by atoms with van der Waals surface area (Å²) in [6, 6.07) is 0. The lowest BCUT2D eigenvalue weighted by atomic mass is 9.94. The second-order valence-corrected chi connectivity index (χ2v) is 3.91. The average Bonchev–Trinajstić information content (AvgIpc) is 2.30. The number of aliphatic hydroxyl groups excluding tert-OH is 1. The van der Waals surface area contributed by atoms with Crippen LogP contribution in [0.3, 0.4) is 0 Å². The van der Waals surface area contributed by atoms with E-state index in [0.717, 1.165) is 13.0 Å². The normalized spacial score (nSPS) is 38.5. The average molecular weight is 173 g/mol. The fourth-order valence-corrected chi connectivity index (χ4v) is 1.45. The molecule has 1 aliphatic heterocycles. The van der Waals surface area contributed by atoms with Crippen LogP contribution in [0, 0.1) is 0 Å². The molecule has 3 heteroatoms. The molecule has 1 rings (SSSR count). The van der Waals surface area contributed by atoms with Crippen LogP contribution in [-0.2, 0) is 4.74 Å². The van der Waals surface area contributed by atoms with Gasteiger partial charge in [-0.2, -0.15) is 0 Å². The minimum atomic E-state index is -0.283. The number of hydrogen-bond acceptors (Lipinski definition) is 3. The van der Waals surface area contributed by atoms with Crippen LogP contribution in [0.2, 0.25) is 0 Å². The van der Waals surface area contributed by atoms with Gasteiger partial charge in [0.25, 0.3) is 0 Å². The number of hydrogen-bond donors (Lipinski definition) is 2. The van der Waals surface area contributed by atoms with E-state index in [1.165, 1.54) is 0 Å². The summed E-state index contributed by atoms with van der Waals surface area (Å²) in [4.78, 5) is 0. The maximum atomic E-state index is 9.11. The van der Waals surface area contributed by atoms with E-state index in [-0.39, 0.29) is 17.7 Å². The summed E-state index contributed by atoms with van der Waals surface area (Å²) in [6.45, 7) is 7.47. The molecule has 0 radical (unpaired) electrons. The molecule has 0 spiro atoms. The number of nitrogens with one attached hydrogen (secondary N) is 1. The van der Waals surface area contributed by atoms with Gasteiger partial charge in [-0.25, -0.2) is 0 Å². The van der Waals surface area contributed by atoms with E-state index in [2.05, 4.69) is 19.2 Å². The fourth-order valence-electron chi connectivity index (χ4n) is 1.45. The second-order valence-electron chi connectivity index (χ2n) is 3.91. The van der Waals surface area contributed by atoms with Crippen LogP contribution < -0.4 is 5.32 Å². The molecule has 0 aromatic carbocycles. The first kappa shape index (κ1) is 9.96. The van der Waals surface area contributed by atoms with Crippen molar-refractivity contribution in [2.75, 3.05) is 13.2 Å². The third-order valence-electron chi connectivity index (χ3n) is 2.69. The van der Waals surface area contributed by atoms with Crippen LogP contribution in [0.4, 0.5) is 0 Å². The maximum absolute atomic E-state index is 9.11. The summed E-state index contributed by atoms with van der Waals surface area (Å²) in [5, 5.41) is 12.4. The standard InChI is InChI=1S/C9H19NO2/c1-7(11)6-10-9(3)4-5-12-8(9)2/h7-8,10-11H,4-6H2,1-3H3/t7-,8?,9?/m1/s1. The molecule has 1 saturated heterocycles. The Hall–Kier alpha value is -0.120. The summed E-state index contributed by atoms with van der Waals surface area (Å²) >= 11 is 0. The van der Waals surface area contributed by atoms with Gasteiger partial charge in [0.05, 0.1) is 12.2 Å². The predicted octanol–water partition coefficient (Wildman–Crippen LogP) is 0.524. The van der Waals surface area contributed by atoms with Gasteiger partial charge in [0.2, 0.25) is 0 Å². The van der Waals surface area contributed by atoms with E-state index >= 15 is 0 Å². The van der Waals surface area contributed by atoms with Crippen LogP contribution in [0.1, 0.15) is 27.2 Å². The van der Waals surface area contributed by atoms with E-state index in [1.807, 2.05) is 0 Å². The molecule has 72 valence electrons. The van der Waals surface area contributed by atoms with Crippen LogP contribution in [0.15, 0.2) is 0 Å². The lowest BCUT2D eigenvalue weighted by Gasteiger charge is -2.29. The van der Waals surface area contributed by atoms with E-state index in [0.29, 0.717) is 6.54 Å². The Kier molecular flexibility index (Phi) is 3.09. The van der Waals surface area contributed by atoms with Crippen molar-refractivity contribution in [2.45, 2.75) is 44.9 Å². The van der Waals surface area contributed by atoms with Crippen molar-refractivity contribution >= 4 is 0 Å². The highest BCUT2D eigenvalue weighted by Gasteiger charge is 2.36. The van der Waals surface area contributed by atoms with Crippen molar-refractivity contribution in [1.29, 1.82) is 0 Å². The van der Waals surface area contributed by atoms with Gasteiger partial charge in [-0.05, 0) is 27.2 Å². The summed E-state index contributed by atoms with van der Waals surface area (Å²) in [5.74, 6) is 0. The van der Waals surface area contributed by atoms with E-state index in [9.17, 15) is 0 Å². The minimum absolute atomic E-state index is 0.0526. The van der Waals surface area contributed by atoms with Crippen molar-refractivity contribution in [3.05, 3.63) is 0 Å². The first-order chi connectivity index (χ1) is 5.54. The second kappa shape index (κ2) is 3.73. The van der Waals surface area contributed by atoms with Crippen molar-refractivity contribution in [3.8, 4) is 0 Å². The highest BCUT2D eigenvalue weighted by Crippen LogP contribution is 2.24. The summed E-state index contributed by atoms with van der Waals surface area (Å²) in [5.41, 5.74) is 0.0526. The van der Waals surface area contributed by atoms with Gasteiger partial charge in [-0.1, -0.05) is 0 Å². The van der Waals surface area contributed by atoms with Gasteiger partial charge in [0, 0.05) is 18.7 Å². The van der Waals surface area contributed by atoms with E-state index < -0.39 is 0 Å². The molecule has 0 amide bonds. The van der Waals surface area contributed by atoms with Crippen LogP contribution in [-0.4, -0.2) is 36.0 Å². The Morgan fingerprint density at radius 3 is 2.83 bits per heavy atom. The van der Waals surface area contributed by atoms with Crippen molar-refractivity contribution < 1.29 is 9.84 Å². The molecule has 12 heavy (non-hydrogen) atoms. The molecule has 1 aliphatic rings. The number of aliphatic hydroxyl groups is 1. The molecule has 3 atom stereocenters. The van der Waals surface area contributed by atoms with Crippen molar-refractivity contribution in [3.63, 3.8) is 0 Å². The van der Waals surface area contributed by atoms with Gasteiger partial charge in [-0.3, -0.25) is 0 Å². The third kappa shape index (κ3) is 2.19. The Morgan fingerprint density at radius 1 is 1.75 bits per heavy atom. The highest BCUT2D eigenvalue weighted by molar-refractivity contribution is 4.93. The Bertz CT molecular complexity index is 149. The van der Waals surface area contributed by atoms with Crippen LogP contribution in [0.25, 0.3) is 0 Å². The van der Waals surface area contributed by atoms with Gasteiger partial charge < -0.3 is 15.2 Å². The topological polar surface area (TPSA) is 41.5 Å².